The van der Waals surface area contributed by atoms with Gasteiger partial charge >= 0.3 is 0 Å². The van der Waals surface area contributed by atoms with Gasteiger partial charge in [0.2, 0.25) is 0 Å². The molecule has 2 heteroatoms. The summed E-state index contributed by atoms with van der Waals surface area (Å²) in [6.45, 7) is 8.88. The summed E-state index contributed by atoms with van der Waals surface area (Å²) in [5.41, 5.74) is 8.99. The van der Waals surface area contributed by atoms with Crippen LogP contribution in [0.25, 0.3) is 0 Å². The van der Waals surface area contributed by atoms with Gasteiger partial charge in [-0.25, -0.2) is 0 Å². The molecule has 0 heterocycles. The summed E-state index contributed by atoms with van der Waals surface area (Å²) in [6.07, 6.45) is 2.81. The highest BCUT2D eigenvalue weighted by molar-refractivity contribution is 5.28. The van der Waals surface area contributed by atoms with E-state index in [-0.39, 0.29) is 6.04 Å². The first kappa shape index (κ1) is 13.6. The molecule has 0 saturated heterocycles. The molecule has 1 fully saturated rings. The summed E-state index contributed by atoms with van der Waals surface area (Å²) in [5, 5.41) is 0. The van der Waals surface area contributed by atoms with Crippen LogP contribution < -0.4 is 5.73 Å². The van der Waals surface area contributed by atoms with Crippen LogP contribution in [0.15, 0.2) is 24.3 Å². The maximum absolute atomic E-state index is 6.39. The lowest BCUT2D eigenvalue weighted by molar-refractivity contribution is 0.200. The number of hydrogen-bond donors (Lipinski definition) is 1. The number of rotatable bonds is 6. The molecule has 0 spiro atoms. The first-order valence-electron chi connectivity index (χ1n) is 7.13. The Kier molecular flexibility index (Phi) is 4.41. The second kappa shape index (κ2) is 5.85. The minimum Gasteiger partial charge on any atom is -0.323 e. The van der Waals surface area contributed by atoms with Crippen molar-refractivity contribution in [2.24, 2.45) is 11.7 Å². The molecule has 1 aromatic carbocycles. The topological polar surface area (TPSA) is 29.3 Å². The summed E-state index contributed by atoms with van der Waals surface area (Å²) in [7, 11) is 0. The summed E-state index contributed by atoms with van der Waals surface area (Å²) in [4.78, 5) is 2.54. The third kappa shape index (κ3) is 3.56. The number of aryl methyl sites for hydroxylation is 1. The zero-order chi connectivity index (χ0) is 13.1. The fourth-order valence-electron chi connectivity index (χ4n) is 2.48. The molecule has 1 unspecified atom stereocenters. The van der Waals surface area contributed by atoms with Gasteiger partial charge in [-0.1, -0.05) is 24.3 Å². The van der Waals surface area contributed by atoms with Crippen LogP contribution in [0.4, 0.5) is 0 Å². The second-order valence-corrected chi connectivity index (χ2v) is 5.95. The van der Waals surface area contributed by atoms with Crippen molar-refractivity contribution in [1.29, 1.82) is 0 Å². The number of hydrogen-bond acceptors (Lipinski definition) is 2. The minimum atomic E-state index is 0.132. The van der Waals surface area contributed by atoms with Gasteiger partial charge in [0.25, 0.3) is 0 Å². The highest BCUT2D eigenvalue weighted by Crippen LogP contribution is 2.31. The van der Waals surface area contributed by atoms with Crippen LogP contribution in [0.3, 0.4) is 0 Å². The Labute approximate surface area is 111 Å². The molecule has 0 aliphatic heterocycles. The summed E-state index contributed by atoms with van der Waals surface area (Å²) in [5.74, 6) is 0.927. The highest BCUT2D eigenvalue weighted by Gasteiger charge is 2.26. The number of benzene rings is 1. The Hall–Kier alpha value is -0.860. The van der Waals surface area contributed by atoms with Gasteiger partial charge in [0.1, 0.15) is 0 Å². The maximum Gasteiger partial charge on any atom is 0.0427 e. The van der Waals surface area contributed by atoms with Crippen LogP contribution in [-0.4, -0.2) is 24.0 Å². The summed E-state index contributed by atoms with van der Waals surface area (Å²) >= 11 is 0. The molecule has 1 saturated carbocycles. The predicted molar refractivity (Wildman–Crippen MR) is 77.5 cm³/mol. The molecule has 18 heavy (non-hydrogen) atoms. The fourth-order valence-corrected chi connectivity index (χ4v) is 2.48. The molecular weight excluding hydrogens is 220 g/mol. The zero-order valence-electron chi connectivity index (χ0n) is 11.9. The van der Waals surface area contributed by atoms with E-state index in [1.54, 1.807) is 0 Å². The summed E-state index contributed by atoms with van der Waals surface area (Å²) in [6, 6.07) is 9.19. The smallest absolute Gasteiger partial charge is 0.0427 e. The molecule has 0 bridgehead atoms. The van der Waals surface area contributed by atoms with Crippen LogP contribution in [-0.2, 0) is 0 Å². The van der Waals surface area contributed by atoms with E-state index < -0.39 is 0 Å². The van der Waals surface area contributed by atoms with Crippen LogP contribution in [0.1, 0.15) is 43.9 Å². The molecule has 1 aromatic rings. The SMILES string of the molecule is Cc1ccccc1C(N)CN(CC1CC1)C(C)C. The van der Waals surface area contributed by atoms with E-state index in [9.17, 15) is 0 Å². The lowest BCUT2D eigenvalue weighted by atomic mass is 10.0. The number of nitrogens with two attached hydrogens (primary N) is 1. The Balaban J connectivity index is 1.99. The summed E-state index contributed by atoms with van der Waals surface area (Å²) < 4.78 is 0. The molecule has 0 radical (unpaired) electrons. The molecular formula is C16H26N2. The maximum atomic E-state index is 6.39. The van der Waals surface area contributed by atoms with Gasteiger partial charge in [-0.3, -0.25) is 4.90 Å². The lowest BCUT2D eigenvalue weighted by Gasteiger charge is -2.30. The number of nitrogens with zero attached hydrogens (tertiary/aromatic N) is 1. The van der Waals surface area contributed by atoms with E-state index in [1.807, 2.05) is 0 Å². The highest BCUT2D eigenvalue weighted by atomic mass is 15.2. The molecule has 1 aliphatic carbocycles. The molecule has 0 amide bonds. The average Bonchev–Trinajstić information content (AvgIpc) is 3.12. The van der Waals surface area contributed by atoms with Crippen LogP contribution in [0, 0.1) is 12.8 Å². The van der Waals surface area contributed by atoms with E-state index in [2.05, 4.69) is 49.9 Å². The zero-order valence-corrected chi connectivity index (χ0v) is 11.9. The van der Waals surface area contributed by atoms with Gasteiger partial charge in [0.15, 0.2) is 0 Å². The van der Waals surface area contributed by atoms with Crippen LogP contribution in [0.5, 0.6) is 0 Å². The van der Waals surface area contributed by atoms with Crippen molar-refractivity contribution >= 4 is 0 Å². The third-order valence-corrected chi connectivity index (χ3v) is 3.94. The van der Waals surface area contributed by atoms with Crippen molar-refractivity contribution in [3.8, 4) is 0 Å². The molecule has 2 N–H and O–H groups in total. The van der Waals surface area contributed by atoms with Gasteiger partial charge in [-0.15, -0.1) is 0 Å². The monoisotopic (exact) mass is 246 g/mol. The average molecular weight is 246 g/mol. The fraction of sp³-hybridized carbons (Fsp3) is 0.625. The molecule has 2 rings (SSSR count). The van der Waals surface area contributed by atoms with E-state index in [0.717, 1.165) is 12.5 Å². The second-order valence-electron chi connectivity index (χ2n) is 5.95. The molecule has 2 nitrogen and oxygen atoms in total. The standard InChI is InChI=1S/C16H26N2/c1-12(2)18(10-14-8-9-14)11-16(17)15-7-5-4-6-13(15)3/h4-7,12,14,16H,8-11,17H2,1-3H3. The minimum absolute atomic E-state index is 0.132. The molecule has 0 aromatic heterocycles. The van der Waals surface area contributed by atoms with E-state index in [4.69, 9.17) is 5.73 Å². The normalized spacial score (nSPS) is 17.4. The van der Waals surface area contributed by atoms with Crippen LogP contribution >= 0.6 is 0 Å². The Morgan fingerprint density at radius 2 is 1.94 bits per heavy atom. The Morgan fingerprint density at radius 3 is 2.50 bits per heavy atom. The molecule has 1 aliphatic rings. The largest absolute Gasteiger partial charge is 0.323 e. The Bertz CT molecular complexity index is 382. The quantitative estimate of drug-likeness (QED) is 0.835. The molecule has 100 valence electrons. The third-order valence-electron chi connectivity index (χ3n) is 3.94. The van der Waals surface area contributed by atoms with E-state index in [0.29, 0.717) is 6.04 Å². The van der Waals surface area contributed by atoms with E-state index >= 15 is 0 Å². The van der Waals surface area contributed by atoms with E-state index in [1.165, 1.54) is 30.5 Å². The van der Waals surface area contributed by atoms with Crippen molar-refractivity contribution in [2.45, 2.75) is 45.7 Å². The first-order valence-corrected chi connectivity index (χ1v) is 7.13. The predicted octanol–water partition coefficient (Wildman–Crippen LogP) is 3.12. The van der Waals surface area contributed by atoms with Gasteiger partial charge in [-0.2, -0.15) is 0 Å². The van der Waals surface area contributed by atoms with Gasteiger partial charge in [0, 0.05) is 25.2 Å². The molecule has 1 atom stereocenters. The van der Waals surface area contributed by atoms with Crippen LogP contribution in [0.2, 0.25) is 0 Å². The van der Waals surface area contributed by atoms with Crippen molar-refractivity contribution in [3.63, 3.8) is 0 Å². The van der Waals surface area contributed by atoms with Crippen molar-refractivity contribution in [3.05, 3.63) is 35.4 Å². The Morgan fingerprint density at radius 1 is 1.28 bits per heavy atom. The lowest BCUT2D eigenvalue weighted by Crippen LogP contribution is -2.38. The van der Waals surface area contributed by atoms with Crippen molar-refractivity contribution in [1.82, 2.24) is 4.90 Å². The van der Waals surface area contributed by atoms with Gasteiger partial charge in [0.05, 0.1) is 0 Å². The van der Waals surface area contributed by atoms with Gasteiger partial charge in [-0.05, 0) is 50.7 Å². The first-order chi connectivity index (χ1) is 8.58. The van der Waals surface area contributed by atoms with Crippen molar-refractivity contribution < 1.29 is 0 Å². The van der Waals surface area contributed by atoms with Gasteiger partial charge < -0.3 is 5.73 Å². The van der Waals surface area contributed by atoms with Crippen molar-refractivity contribution in [2.75, 3.05) is 13.1 Å².